The Bertz CT molecular complexity index is 729. The summed E-state index contributed by atoms with van der Waals surface area (Å²) in [5.74, 6) is 0.891. The van der Waals surface area contributed by atoms with Gasteiger partial charge in [-0.05, 0) is 70.7 Å². The van der Waals surface area contributed by atoms with Gasteiger partial charge in [-0.25, -0.2) is 4.79 Å². The van der Waals surface area contributed by atoms with Crippen molar-refractivity contribution in [1.82, 2.24) is 9.80 Å². The molecule has 0 N–H and O–H groups in total. The molecule has 2 heterocycles. The van der Waals surface area contributed by atoms with Crippen molar-refractivity contribution in [2.24, 2.45) is 0 Å². The highest BCUT2D eigenvalue weighted by molar-refractivity contribution is 5.86. The maximum atomic E-state index is 13.4. The van der Waals surface area contributed by atoms with E-state index in [1.807, 2.05) is 37.8 Å². The molecule has 2 aliphatic heterocycles. The first-order valence-corrected chi connectivity index (χ1v) is 11.0. The predicted molar refractivity (Wildman–Crippen MR) is 117 cm³/mol. The van der Waals surface area contributed by atoms with Crippen molar-refractivity contribution < 1.29 is 19.1 Å². The van der Waals surface area contributed by atoms with Crippen LogP contribution in [0, 0.1) is 0 Å². The van der Waals surface area contributed by atoms with Crippen molar-refractivity contribution in [1.29, 1.82) is 0 Å². The van der Waals surface area contributed by atoms with Gasteiger partial charge in [0.15, 0.2) is 0 Å². The minimum Gasteiger partial charge on any atom is -0.497 e. The molecule has 2 fully saturated rings. The van der Waals surface area contributed by atoms with Crippen LogP contribution in [0.3, 0.4) is 0 Å². The number of hydrogen-bond acceptors (Lipinski definition) is 5. The summed E-state index contributed by atoms with van der Waals surface area (Å²) in [6, 6.07) is 7.62. The average Bonchev–Trinajstić information content (AvgIpc) is 2.98. The molecule has 0 spiro atoms. The lowest BCUT2D eigenvalue weighted by molar-refractivity contribution is -0.137. The fourth-order valence-electron chi connectivity index (χ4n) is 4.13. The van der Waals surface area contributed by atoms with Gasteiger partial charge in [0.25, 0.3) is 0 Å². The fourth-order valence-corrected chi connectivity index (χ4v) is 4.13. The summed E-state index contributed by atoms with van der Waals surface area (Å²) in [6.07, 6.45) is 3.10. The van der Waals surface area contributed by atoms with Crippen LogP contribution in [0.1, 0.15) is 46.5 Å². The number of ether oxygens (including phenoxy) is 2. The van der Waals surface area contributed by atoms with E-state index in [-0.39, 0.29) is 12.0 Å². The second-order valence-electron chi connectivity index (χ2n) is 9.05. The number of anilines is 1. The lowest BCUT2D eigenvalue weighted by Crippen LogP contribution is -2.54. The van der Waals surface area contributed by atoms with Crippen molar-refractivity contribution in [2.75, 3.05) is 44.7 Å². The Hall–Kier alpha value is -2.44. The minimum atomic E-state index is -0.566. The zero-order chi connectivity index (χ0) is 21.7. The van der Waals surface area contributed by atoms with Gasteiger partial charge in [-0.15, -0.1) is 0 Å². The highest BCUT2D eigenvalue weighted by atomic mass is 16.6. The number of carbonyl (C=O) groups excluding carboxylic acids is 2. The molecule has 0 radical (unpaired) electrons. The van der Waals surface area contributed by atoms with E-state index >= 15 is 0 Å². The molecule has 2 saturated heterocycles. The molecule has 0 aliphatic carbocycles. The number of methoxy groups -OCH3 is 1. The monoisotopic (exact) mass is 417 g/mol. The van der Waals surface area contributed by atoms with E-state index in [0.29, 0.717) is 26.1 Å². The summed E-state index contributed by atoms with van der Waals surface area (Å²) < 4.78 is 10.8. The van der Waals surface area contributed by atoms with Crippen LogP contribution in [0.4, 0.5) is 10.5 Å². The minimum absolute atomic E-state index is 0.0529. The molecule has 7 nitrogen and oxygen atoms in total. The number of carbonyl (C=O) groups is 2. The number of likely N-dealkylation sites (tertiary alicyclic amines) is 1. The smallest absolute Gasteiger partial charge is 0.410 e. The Morgan fingerprint density at radius 1 is 0.933 bits per heavy atom. The van der Waals surface area contributed by atoms with Crippen molar-refractivity contribution in [3.8, 4) is 5.75 Å². The van der Waals surface area contributed by atoms with Crippen molar-refractivity contribution in [3.05, 3.63) is 24.3 Å². The third-order valence-electron chi connectivity index (χ3n) is 5.66. The molecule has 166 valence electrons. The summed E-state index contributed by atoms with van der Waals surface area (Å²) >= 11 is 0. The van der Waals surface area contributed by atoms with Crippen molar-refractivity contribution in [2.45, 2.75) is 58.1 Å². The van der Waals surface area contributed by atoms with E-state index in [1.54, 1.807) is 12.0 Å². The van der Waals surface area contributed by atoms with Crippen LogP contribution in [0.2, 0.25) is 0 Å². The van der Waals surface area contributed by atoms with E-state index < -0.39 is 11.6 Å². The molecule has 0 bridgehead atoms. The molecule has 0 aromatic heterocycles. The number of benzene rings is 1. The van der Waals surface area contributed by atoms with Crippen molar-refractivity contribution >= 4 is 17.7 Å². The highest BCUT2D eigenvalue weighted by Gasteiger charge is 2.37. The Balaban J connectivity index is 1.64. The number of piperidine rings is 1. The number of amides is 2. The highest BCUT2D eigenvalue weighted by Crippen LogP contribution is 2.24. The van der Waals surface area contributed by atoms with E-state index in [0.717, 1.165) is 43.8 Å². The van der Waals surface area contributed by atoms with Gasteiger partial charge in [0.2, 0.25) is 5.91 Å². The molecule has 1 atom stereocenters. The standard InChI is InChI=1S/C23H35N3O4/c1-23(2,3)30-22(28)26-15-6-5-8-20(26)21(27)25-14-7-13-24(16-17-25)18-9-11-19(29-4)12-10-18/h9-12,20H,5-8,13-17H2,1-4H3. The van der Waals surface area contributed by atoms with Crippen LogP contribution < -0.4 is 9.64 Å². The van der Waals surface area contributed by atoms with E-state index in [9.17, 15) is 9.59 Å². The molecule has 1 aromatic rings. The van der Waals surface area contributed by atoms with Crippen LogP contribution in [0.15, 0.2) is 24.3 Å². The molecule has 0 saturated carbocycles. The fraction of sp³-hybridized carbons (Fsp3) is 0.652. The van der Waals surface area contributed by atoms with Gasteiger partial charge >= 0.3 is 6.09 Å². The van der Waals surface area contributed by atoms with Crippen LogP contribution >= 0.6 is 0 Å². The van der Waals surface area contributed by atoms with Gasteiger partial charge in [-0.1, -0.05) is 0 Å². The molecule has 7 heteroatoms. The second kappa shape index (κ2) is 9.58. The first-order valence-electron chi connectivity index (χ1n) is 11.0. The lowest BCUT2D eigenvalue weighted by atomic mass is 10.0. The summed E-state index contributed by atoms with van der Waals surface area (Å²) in [5, 5.41) is 0. The van der Waals surface area contributed by atoms with E-state index in [2.05, 4.69) is 17.0 Å². The molecule has 1 unspecified atom stereocenters. The Morgan fingerprint density at radius 3 is 2.33 bits per heavy atom. The van der Waals surface area contributed by atoms with Gasteiger partial charge in [0.05, 0.1) is 7.11 Å². The molecular weight excluding hydrogens is 382 g/mol. The predicted octanol–water partition coefficient (Wildman–Crippen LogP) is 3.52. The molecule has 30 heavy (non-hydrogen) atoms. The largest absolute Gasteiger partial charge is 0.497 e. The maximum absolute atomic E-state index is 13.4. The third kappa shape index (κ3) is 5.58. The van der Waals surface area contributed by atoms with Gasteiger partial charge in [0, 0.05) is 38.4 Å². The summed E-state index contributed by atoms with van der Waals surface area (Å²) in [4.78, 5) is 31.9. The van der Waals surface area contributed by atoms with E-state index in [4.69, 9.17) is 9.47 Å². The SMILES string of the molecule is COc1ccc(N2CCCN(C(=O)C3CCCCN3C(=O)OC(C)(C)C)CC2)cc1. The number of hydrogen-bond donors (Lipinski definition) is 0. The van der Waals surface area contributed by atoms with Gasteiger partial charge in [0.1, 0.15) is 17.4 Å². The zero-order valence-electron chi connectivity index (χ0n) is 18.7. The molecule has 1 aromatic carbocycles. The maximum Gasteiger partial charge on any atom is 0.410 e. The van der Waals surface area contributed by atoms with Gasteiger partial charge < -0.3 is 19.3 Å². The quantitative estimate of drug-likeness (QED) is 0.753. The van der Waals surface area contributed by atoms with Gasteiger partial charge in [-0.3, -0.25) is 9.69 Å². The Kier molecular flexibility index (Phi) is 7.10. The Morgan fingerprint density at radius 2 is 1.67 bits per heavy atom. The Labute approximate surface area is 179 Å². The first kappa shape index (κ1) is 22.2. The van der Waals surface area contributed by atoms with Crippen LogP contribution in [-0.4, -0.2) is 73.3 Å². The lowest BCUT2D eigenvalue weighted by Gasteiger charge is -2.38. The first-order chi connectivity index (χ1) is 14.3. The van der Waals surface area contributed by atoms with E-state index in [1.165, 1.54) is 0 Å². The van der Waals surface area contributed by atoms with Crippen LogP contribution in [-0.2, 0) is 9.53 Å². The summed E-state index contributed by atoms with van der Waals surface area (Å²) in [7, 11) is 1.66. The summed E-state index contributed by atoms with van der Waals surface area (Å²) in [6.45, 7) is 9.19. The normalized spacial score (nSPS) is 20.5. The summed E-state index contributed by atoms with van der Waals surface area (Å²) in [5.41, 5.74) is 0.571. The van der Waals surface area contributed by atoms with Crippen LogP contribution in [0.25, 0.3) is 0 Å². The second-order valence-corrected chi connectivity index (χ2v) is 9.05. The third-order valence-corrected chi connectivity index (χ3v) is 5.66. The molecular formula is C23H35N3O4. The number of nitrogens with zero attached hydrogens (tertiary/aromatic N) is 3. The van der Waals surface area contributed by atoms with Gasteiger partial charge in [-0.2, -0.15) is 0 Å². The molecule has 2 amide bonds. The molecule has 3 rings (SSSR count). The number of rotatable bonds is 3. The van der Waals surface area contributed by atoms with Crippen LogP contribution in [0.5, 0.6) is 5.75 Å². The average molecular weight is 418 g/mol. The van der Waals surface area contributed by atoms with Crippen molar-refractivity contribution in [3.63, 3.8) is 0 Å². The molecule has 2 aliphatic rings. The topological polar surface area (TPSA) is 62.3 Å². The zero-order valence-corrected chi connectivity index (χ0v) is 18.7.